The van der Waals surface area contributed by atoms with Gasteiger partial charge in [-0.15, -0.1) is 0 Å². The number of carbonyl (C=O) groups is 1. The van der Waals surface area contributed by atoms with Crippen molar-refractivity contribution in [3.8, 4) is 6.07 Å². The zero-order valence-corrected chi connectivity index (χ0v) is 12.1. The molecule has 1 N–H and O–H groups in total. The predicted molar refractivity (Wildman–Crippen MR) is 79.0 cm³/mol. The molecule has 1 amide bonds. The van der Waals surface area contributed by atoms with Gasteiger partial charge in [-0.2, -0.15) is 5.26 Å². The van der Waals surface area contributed by atoms with Crippen LogP contribution < -0.4 is 5.32 Å². The van der Waals surface area contributed by atoms with Crippen LogP contribution in [0.5, 0.6) is 0 Å². The highest BCUT2D eigenvalue weighted by Gasteiger charge is 2.26. The number of amides is 1. The quantitative estimate of drug-likeness (QED) is 0.926. The van der Waals surface area contributed by atoms with Crippen LogP contribution in [-0.2, 0) is 18.3 Å². The van der Waals surface area contributed by atoms with Crippen LogP contribution >= 0.6 is 0 Å². The van der Waals surface area contributed by atoms with E-state index in [1.54, 1.807) is 13.8 Å². The molecular weight excluding hydrogens is 250 g/mol. The second-order valence-electron chi connectivity index (χ2n) is 5.53. The first-order valence-corrected chi connectivity index (χ1v) is 6.68. The number of aryl methyl sites for hydroxylation is 1. The molecule has 0 atom stereocenters. The number of nitriles is 1. The van der Waals surface area contributed by atoms with Crippen LogP contribution in [0.1, 0.15) is 19.4 Å². The number of hydrogen-bond donors (Lipinski definition) is 1. The van der Waals surface area contributed by atoms with E-state index in [9.17, 15) is 4.79 Å². The van der Waals surface area contributed by atoms with Gasteiger partial charge in [-0.25, -0.2) is 0 Å². The van der Waals surface area contributed by atoms with Crippen LogP contribution in [-0.4, -0.2) is 17.0 Å². The van der Waals surface area contributed by atoms with Crippen molar-refractivity contribution in [1.29, 1.82) is 5.26 Å². The summed E-state index contributed by atoms with van der Waals surface area (Å²) < 4.78 is 2.09. The van der Waals surface area contributed by atoms with E-state index < -0.39 is 5.41 Å². The molecule has 4 nitrogen and oxygen atoms in total. The highest BCUT2D eigenvalue weighted by atomic mass is 16.2. The largest absolute Gasteiger partial charge is 0.354 e. The average Bonchev–Trinajstić information content (AvgIpc) is 2.76. The molecule has 0 radical (unpaired) electrons. The van der Waals surface area contributed by atoms with Gasteiger partial charge in [-0.3, -0.25) is 4.79 Å². The summed E-state index contributed by atoms with van der Waals surface area (Å²) in [6.45, 7) is 3.79. The topological polar surface area (TPSA) is 57.8 Å². The first-order chi connectivity index (χ1) is 9.45. The third-order valence-electron chi connectivity index (χ3n) is 3.51. The molecule has 0 saturated carbocycles. The number of fused-ring (bicyclic) bond motifs is 1. The van der Waals surface area contributed by atoms with Gasteiger partial charge in [0.15, 0.2) is 0 Å². The lowest BCUT2D eigenvalue weighted by molar-refractivity contribution is -0.126. The van der Waals surface area contributed by atoms with Crippen molar-refractivity contribution in [3.05, 3.63) is 36.0 Å². The Balaban J connectivity index is 2.04. The molecular formula is C16H19N3O. The van der Waals surface area contributed by atoms with Crippen LogP contribution in [0.4, 0.5) is 0 Å². The van der Waals surface area contributed by atoms with Gasteiger partial charge in [-0.05, 0) is 31.9 Å². The molecule has 1 aromatic carbocycles. The van der Waals surface area contributed by atoms with Gasteiger partial charge in [0, 0.05) is 30.7 Å². The minimum Gasteiger partial charge on any atom is -0.354 e. The summed E-state index contributed by atoms with van der Waals surface area (Å²) in [6.07, 6.45) is 2.85. The maximum Gasteiger partial charge on any atom is 0.239 e. The van der Waals surface area contributed by atoms with E-state index in [0.717, 1.165) is 6.42 Å². The lowest BCUT2D eigenvalue weighted by Gasteiger charge is -2.14. The number of aromatic nitrogens is 1. The van der Waals surface area contributed by atoms with E-state index in [2.05, 4.69) is 28.2 Å². The molecule has 0 saturated heterocycles. The van der Waals surface area contributed by atoms with E-state index in [-0.39, 0.29) is 5.91 Å². The predicted octanol–water partition coefficient (Wildman–Crippen LogP) is 2.39. The normalized spacial score (nSPS) is 11.3. The summed E-state index contributed by atoms with van der Waals surface area (Å²) in [5, 5.41) is 12.9. The second-order valence-corrected chi connectivity index (χ2v) is 5.53. The van der Waals surface area contributed by atoms with E-state index in [0.29, 0.717) is 6.54 Å². The monoisotopic (exact) mass is 269 g/mol. The smallest absolute Gasteiger partial charge is 0.239 e. The Kier molecular flexibility index (Phi) is 3.80. The molecule has 0 aliphatic heterocycles. The highest BCUT2D eigenvalue weighted by Crippen LogP contribution is 2.20. The van der Waals surface area contributed by atoms with Crippen molar-refractivity contribution in [2.45, 2.75) is 20.3 Å². The molecule has 104 valence electrons. The Hall–Kier alpha value is -2.28. The summed E-state index contributed by atoms with van der Waals surface area (Å²) >= 11 is 0. The number of carbonyl (C=O) groups excluding carboxylic acids is 1. The summed E-state index contributed by atoms with van der Waals surface area (Å²) in [5.74, 6) is -0.222. The van der Waals surface area contributed by atoms with Crippen LogP contribution in [0.3, 0.4) is 0 Å². The zero-order valence-electron chi connectivity index (χ0n) is 12.1. The lowest BCUT2D eigenvalue weighted by Crippen LogP contribution is -2.36. The van der Waals surface area contributed by atoms with Gasteiger partial charge >= 0.3 is 0 Å². The van der Waals surface area contributed by atoms with Gasteiger partial charge in [0.1, 0.15) is 5.41 Å². The number of benzene rings is 1. The fraction of sp³-hybridized carbons (Fsp3) is 0.375. The summed E-state index contributed by atoms with van der Waals surface area (Å²) in [4.78, 5) is 11.8. The molecule has 2 rings (SSSR count). The Morgan fingerprint density at radius 2 is 2.10 bits per heavy atom. The Bertz CT molecular complexity index is 677. The third-order valence-corrected chi connectivity index (χ3v) is 3.51. The van der Waals surface area contributed by atoms with Crippen molar-refractivity contribution >= 4 is 16.8 Å². The average molecular weight is 269 g/mol. The lowest BCUT2D eigenvalue weighted by atomic mass is 9.95. The molecule has 2 aromatic rings. The zero-order chi connectivity index (χ0) is 14.8. The van der Waals surface area contributed by atoms with Crippen LogP contribution in [0.15, 0.2) is 30.5 Å². The molecule has 4 heteroatoms. The van der Waals surface area contributed by atoms with Gasteiger partial charge in [0.05, 0.1) is 6.07 Å². The fourth-order valence-corrected chi connectivity index (χ4v) is 2.21. The molecule has 1 heterocycles. The van der Waals surface area contributed by atoms with Crippen molar-refractivity contribution < 1.29 is 4.79 Å². The maximum atomic E-state index is 11.8. The minimum atomic E-state index is -0.973. The van der Waals surface area contributed by atoms with E-state index in [1.807, 2.05) is 25.2 Å². The molecule has 20 heavy (non-hydrogen) atoms. The van der Waals surface area contributed by atoms with E-state index >= 15 is 0 Å². The molecule has 1 aromatic heterocycles. The molecule has 0 bridgehead atoms. The van der Waals surface area contributed by atoms with Crippen molar-refractivity contribution in [2.24, 2.45) is 12.5 Å². The van der Waals surface area contributed by atoms with Crippen LogP contribution in [0.25, 0.3) is 10.9 Å². The molecule has 0 spiro atoms. The first-order valence-electron chi connectivity index (χ1n) is 6.68. The third kappa shape index (κ3) is 2.67. The van der Waals surface area contributed by atoms with Crippen LogP contribution in [0.2, 0.25) is 0 Å². The number of para-hydroxylation sites is 1. The minimum absolute atomic E-state index is 0.222. The fourth-order valence-electron chi connectivity index (χ4n) is 2.21. The van der Waals surface area contributed by atoms with Gasteiger partial charge < -0.3 is 9.88 Å². The number of nitrogens with zero attached hydrogens (tertiary/aromatic N) is 2. The van der Waals surface area contributed by atoms with Gasteiger partial charge in [0.25, 0.3) is 0 Å². The Morgan fingerprint density at radius 3 is 2.80 bits per heavy atom. The highest BCUT2D eigenvalue weighted by molar-refractivity contribution is 5.85. The number of nitrogens with one attached hydrogen (secondary N) is 1. The van der Waals surface area contributed by atoms with E-state index in [1.165, 1.54) is 16.5 Å². The van der Waals surface area contributed by atoms with Crippen molar-refractivity contribution in [2.75, 3.05) is 6.54 Å². The van der Waals surface area contributed by atoms with Crippen molar-refractivity contribution in [1.82, 2.24) is 9.88 Å². The number of rotatable bonds is 4. The summed E-state index contributed by atoms with van der Waals surface area (Å²) in [7, 11) is 2.02. The van der Waals surface area contributed by atoms with Gasteiger partial charge in [-0.1, -0.05) is 18.2 Å². The molecule has 0 fully saturated rings. The SMILES string of the molecule is Cn1cc(CCNC(=O)C(C)(C)C#N)c2ccccc21. The Labute approximate surface area is 119 Å². The first kappa shape index (κ1) is 14.1. The second kappa shape index (κ2) is 5.38. The summed E-state index contributed by atoms with van der Waals surface area (Å²) in [5.41, 5.74) is 1.42. The van der Waals surface area contributed by atoms with Crippen molar-refractivity contribution in [3.63, 3.8) is 0 Å². The Morgan fingerprint density at radius 1 is 1.40 bits per heavy atom. The molecule has 0 unspecified atom stereocenters. The van der Waals surface area contributed by atoms with E-state index in [4.69, 9.17) is 5.26 Å². The maximum absolute atomic E-state index is 11.8. The molecule has 0 aliphatic rings. The summed E-state index contributed by atoms with van der Waals surface area (Å²) in [6, 6.07) is 10.2. The number of hydrogen-bond acceptors (Lipinski definition) is 2. The van der Waals surface area contributed by atoms with Gasteiger partial charge in [0.2, 0.25) is 5.91 Å². The van der Waals surface area contributed by atoms with Crippen LogP contribution in [0, 0.1) is 16.7 Å². The standard InChI is InChI=1S/C16H19N3O/c1-16(2,11-17)15(20)18-9-8-12-10-19(3)14-7-5-4-6-13(12)14/h4-7,10H,8-9H2,1-3H3,(H,18,20). The molecule has 0 aliphatic carbocycles.